The van der Waals surface area contributed by atoms with Gasteiger partial charge in [0.2, 0.25) is 11.6 Å². The van der Waals surface area contributed by atoms with E-state index in [9.17, 15) is 10.1 Å². The maximum Gasteiger partial charge on any atom is 0.407 e. The van der Waals surface area contributed by atoms with Gasteiger partial charge in [0.05, 0.1) is 25.1 Å². The molecule has 1 aliphatic carbocycles. The van der Waals surface area contributed by atoms with E-state index in [4.69, 9.17) is 19.4 Å². The third kappa shape index (κ3) is 4.17. The molecule has 0 aromatic carbocycles. The molecule has 9 nitrogen and oxygen atoms in total. The van der Waals surface area contributed by atoms with Gasteiger partial charge in [-0.3, -0.25) is 4.90 Å². The first-order valence-electron chi connectivity index (χ1n) is 10.9. The van der Waals surface area contributed by atoms with E-state index >= 15 is 0 Å². The summed E-state index contributed by atoms with van der Waals surface area (Å²) >= 11 is 1.69. The number of fused-ring (bicyclic) bond motifs is 3. The molecular weight excluding hydrogens is 430 g/mol. The van der Waals surface area contributed by atoms with Crippen LogP contribution in [-0.2, 0) is 24.1 Å². The molecule has 0 spiro atoms. The van der Waals surface area contributed by atoms with Gasteiger partial charge in [0.25, 0.3) is 0 Å². The third-order valence-electron chi connectivity index (χ3n) is 6.00. The van der Waals surface area contributed by atoms with Crippen molar-refractivity contribution in [3.63, 3.8) is 0 Å². The van der Waals surface area contributed by atoms with Gasteiger partial charge in [-0.25, -0.2) is 4.98 Å². The van der Waals surface area contributed by atoms with Crippen LogP contribution < -0.4 is 4.74 Å². The third-order valence-corrected chi connectivity index (χ3v) is 7.14. The van der Waals surface area contributed by atoms with Crippen LogP contribution >= 0.6 is 11.3 Å². The number of ether oxygens (including phenoxy) is 2. The molecule has 3 aromatic heterocycles. The van der Waals surface area contributed by atoms with Gasteiger partial charge in [-0.1, -0.05) is 6.92 Å². The maximum absolute atomic E-state index is 11.6. The van der Waals surface area contributed by atoms with Crippen LogP contribution in [0.4, 0.5) is 5.82 Å². The standard InChI is InChI=1S/C22H25N5O4S/c1-13-3-5-15-17(11-13)32-22-19(15)21(24-18(25-22)12-26-7-9-30-10-8-26)31-16-6-4-14(2)23-20(16)27(28)29/h4,6,13H,3,5,7-12H2,1-2H3/t13-/m1/s1. The zero-order valence-electron chi connectivity index (χ0n) is 18.2. The molecule has 0 bridgehead atoms. The fourth-order valence-electron chi connectivity index (χ4n) is 4.30. The molecule has 0 saturated carbocycles. The molecule has 32 heavy (non-hydrogen) atoms. The lowest BCUT2D eigenvalue weighted by Gasteiger charge is -2.25. The summed E-state index contributed by atoms with van der Waals surface area (Å²) in [7, 11) is 0. The Bertz CT molecular complexity index is 1170. The smallest absolute Gasteiger partial charge is 0.407 e. The summed E-state index contributed by atoms with van der Waals surface area (Å²) in [6.07, 6.45) is 3.05. The van der Waals surface area contributed by atoms with Gasteiger partial charge in [-0.05, 0) is 52.8 Å². The van der Waals surface area contributed by atoms with Gasteiger partial charge in [0.15, 0.2) is 0 Å². The number of morpholine rings is 1. The minimum Gasteiger partial charge on any atom is -0.429 e. The van der Waals surface area contributed by atoms with Gasteiger partial charge < -0.3 is 19.6 Å². The number of hydrogen-bond donors (Lipinski definition) is 0. The second-order valence-corrected chi connectivity index (χ2v) is 9.58. The number of rotatable bonds is 5. The summed E-state index contributed by atoms with van der Waals surface area (Å²) in [5.74, 6) is 1.47. The normalized spacial score (nSPS) is 19.1. The summed E-state index contributed by atoms with van der Waals surface area (Å²) in [6.45, 7) is 7.60. The lowest BCUT2D eigenvalue weighted by molar-refractivity contribution is -0.390. The Labute approximate surface area is 189 Å². The van der Waals surface area contributed by atoms with Crippen LogP contribution in [-0.4, -0.2) is 51.1 Å². The SMILES string of the molecule is Cc1ccc(Oc2nc(CN3CCOCC3)nc3sc4c(c23)CC[C@@H](C)C4)c([N+](=O)[O-])n1. The predicted octanol–water partition coefficient (Wildman–Crippen LogP) is 4.05. The maximum atomic E-state index is 11.6. The van der Waals surface area contributed by atoms with E-state index in [1.54, 1.807) is 30.4 Å². The summed E-state index contributed by atoms with van der Waals surface area (Å²) in [5, 5.41) is 12.5. The second-order valence-electron chi connectivity index (χ2n) is 8.50. The molecule has 0 unspecified atom stereocenters. The van der Waals surface area contributed by atoms with Crippen LogP contribution in [0.2, 0.25) is 0 Å². The Kier molecular flexibility index (Phi) is 5.75. The predicted molar refractivity (Wildman–Crippen MR) is 120 cm³/mol. The Morgan fingerprint density at radius 3 is 2.88 bits per heavy atom. The molecule has 1 saturated heterocycles. The van der Waals surface area contributed by atoms with Crippen molar-refractivity contribution >= 4 is 27.4 Å². The minimum absolute atomic E-state index is 0.0991. The number of nitro groups is 1. The highest BCUT2D eigenvalue weighted by atomic mass is 32.1. The summed E-state index contributed by atoms with van der Waals surface area (Å²) in [6, 6.07) is 3.30. The molecule has 0 amide bonds. The van der Waals surface area contributed by atoms with Crippen molar-refractivity contribution in [2.24, 2.45) is 5.92 Å². The minimum atomic E-state index is -0.514. The fraction of sp³-hybridized carbons (Fsp3) is 0.500. The first-order valence-corrected chi connectivity index (χ1v) is 11.7. The van der Waals surface area contributed by atoms with Crippen LogP contribution in [0.15, 0.2) is 12.1 Å². The van der Waals surface area contributed by atoms with Gasteiger partial charge in [0.1, 0.15) is 16.3 Å². The van der Waals surface area contributed by atoms with Crippen LogP contribution in [0.5, 0.6) is 11.6 Å². The summed E-state index contributed by atoms with van der Waals surface area (Å²) in [4.78, 5) is 29.2. The van der Waals surface area contributed by atoms with E-state index in [2.05, 4.69) is 16.8 Å². The Hall–Kier alpha value is -2.69. The molecule has 1 fully saturated rings. The highest BCUT2D eigenvalue weighted by Gasteiger charge is 2.27. The lowest BCUT2D eigenvalue weighted by Crippen LogP contribution is -2.36. The molecule has 1 atom stereocenters. The van der Waals surface area contributed by atoms with Crippen molar-refractivity contribution in [2.45, 2.75) is 39.7 Å². The Morgan fingerprint density at radius 1 is 1.28 bits per heavy atom. The largest absolute Gasteiger partial charge is 0.429 e. The Morgan fingerprint density at radius 2 is 2.09 bits per heavy atom. The van der Waals surface area contributed by atoms with Crippen molar-refractivity contribution in [3.8, 4) is 11.6 Å². The van der Waals surface area contributed by atoms with Crippen LogP contribution in [0.3, 0.4) is 0 Å². The van der Waals surface area contributed by atoms with Crippen LogP contribution in [0.25, 0.3) is 10.2 Å². The highest BCUT2D eigenvalue weighted by Crippen LogP contribution is 2.42. The topological polar surface area (TPSA) is 104 Å². The van der Waals surface area contributed by atoms with E-state index in [0.717, 1.165) is 42.6 Å². The van der Waals surface area contributed by atoms with E-state index in [-0.39, 0.29) is 11.6 Å². The molecule has 2 aliphatic rings. The average molecular weight is 456 g/mol. The molecule has 1 aliphatic heterocycles. The average Bonchev–Trinajstić information content (AvgIpc) is 3.13. The first-order chi connectivity index (χ1) is 15.5. The van der Waals surface area contributed by atoms with E-state index in [1.807, 2.05) is 0 Å². The van der Waals surface area contributed by atoms with E-state index in [0.29, 0.717) is 43.1 Å². The quantitative estimate of drug-likeness (QED) is 0.419. The van der Waals surface area contributed by atoms with Crippen molar-refractivity contribution < 1.29 is 14.4 Å². The number of hydrogen-bond acceptors (Lipinski definition) is 9. The monoisotopic (exact) mass is 455 g/mol. The summed E-state index contributed by atoms with van der Waals surface area (Å²) in [5.41, 5.74) is 1.78. The van der Waals surface area contributed by atoms with Gasteiger partial charge in [-0.15, -0.1) is 11.3 Å². The molecule has 0 radical (unpaired) electrons. The van der Waals surface area contributed by atoms with E-state index < -0.39 is 4.92 Å². The molecule has 3 aromatic rings. The molecule has 0 N–H and O–H groups in total. The van der Waals surface area contributed by atoms with E-state index in [1.165, 1.54) is 10.4 Å². The molecule has 10 heteroatoms. The Balaban J connectivity index is 1.59. The number of aromatic nitrogens is 3. The summed E-state index contributed by atoms with van der Waals surface area (Å²) < 4.78 is 11.6. The highest BCUT2D eigenvalue weighted by molar-refractivity contribution is 7.18. The lowest BCUT2D eigenvalue weighted by atomic mass is 9.89. The van der Waals surface area contributed by atoms with Crippen molar-refractivity contribution in [2.75, 3.05) is 26.3 Å². The molecule has 4 heterocycles. The first kappa shape index (κ1) is 21.2. The fourth-order valence-corrected chi connectivity index (χ4v) is 5.69. The zero-order chi connectivity index (χ0) is 22.2. The number of aryl methyl sites for hydroxylation is 2. The van der Waals surface area contributed by atoms with Gasteiger partial charge in [0, 0.05) is 24.9 Å². The number of pyridine rings is 1. The number of thiophene rings is 1. The zero-order valence-corrected chi connectivity index (χ0v) is 19.0. The number of nitrogens with zero attached hydrogens (tertiary/aromatic N) is 5. The van der Waals surface area contributed by atoms with Crippen molar-refractivity contribution in [1.29, 1.82) is 0 Å². The van der Waals surface area contributed by atoms with Crippen LogP contribution in [0, 0.1) is 23.0 Å². The van der Waals surface area contributed by atoms with Gasteiger partial charge in [-0.2, -0.15) is 4.98 Å². The van der Waals surface area contributed by atoms with Crippen molar-refractivity contribution in [1.82, 2.24) is 19.9 Å². The van der Waals surface area contributed by atoms with Gasteiger partial charge >= 0.3 is 5.82 Å². The van der Waals surface area contributed by atoms with Crippen LogP contribution in [0.1, 0.15) is 35.3 Å². The molecular formula is C22H25N5O4S. The second kappa shape index (κ2) is 8.68. The van der Waals surface area contributed by atoms with Crippen molar-refractivity contribution in [3.05, 3.63) is 44.2 Å². The molecule has 5 rings (SSSR count). The molecule has 168 valence electrons.